The molecule has 0 saturated heterocycles. The van der Waals surface area contributed by atoms with Crippen LogP contribution in [0.1, 0.15) is 13.8 Å². The number of amides is 1. The number of aromatic nitrogens is 1. The van der Waals surface area contributed by atoms with E-state index < -0.39 is 11.6 Å². The average molecular weight is 286 g/mol. The van der Waals surface area contributed by atoms with Crippen LogP contribution in [-0.4, -0.2) is 49.5 Å². The lowest BCUT2D eigenvalue weighted by Gasteiger charge is -2.24. The van der Waals surface area contributed by atoms with Crippen LogP contribution < -0.4 is 10.2 Å². The zero-order valence-corrected chi connectivity index (χ0v) is 12.2. The zero-order valence-electron chi connectivity index (χ0n) is 12.2. The van der Waals surface area contributed by atoms with Gasteiger partial charge in [0.2, 0.25) is 5.91 Å². The summed E-state index contributed by atoms with van der Waals surface area (Å²) in [5, 5.41) is 2.72. The summed E-state index contributed by atoms with van der Waals surface area (Å²) in [5.41, 5.74) is 0. The number of halogens is 2. The number of hydrogen-bond acceptors (Lipinski definition) is 4. The average Bonchev–Trinajstić information content (AvgIpc) is 2.39. The molecule has 1 N–H and O–H groups in total. The van der Waals surface area contributed by atoms with Crippen LogP contribution in [0.15, 0.2) is 6.07 Å². The molecule has 0 aliphatic heterocycles. The molecule has 1 heterocycles. The van der Waals surface area contributed by atoms with Crippen molar-refractivity contribution in [1.82, 2.24) is 9.88 Å². The van der Waals surface area contributed by atoms with Gasteiger partial charge in [-0.3, -0.25) is 4.79 Å². The maximum absolute atomic E-state index is 13.9. The molecule has 0 aliphatic rings. The summed E-state index contributed by atoms with van der Waals surface area (Å²) < 4.78 is 27.4. The van der Waals surface area contributed by atoms with Gasteiger partial charge in [-0.25, -0.2) is 13.8 Å². The Bertz CT molecular complexity index is 480. The van der Waals surface area contributed by atoms with Gasteiger partial charge in [0.25, 0.3) is 0 Å². The standard InChI is InChI=1S/C13H20F2N4O/c1-5-16-12-9(14)7-10(15)13(17-12)19(6-2)8-11(20)18(3)4/h7H,5-6,8H2,1-4H3,(H,16,17). The second-order valence-corrected chi connectivity index (χ2v) is 4.46. The van der Waals surface area contributed by atoms with Crippen molar-refractivity contribution in [1.29, 1.82) is 0 Å². The van der Waals surface area contributed by atoms with E-state index in [0.717, 1.165) is 6.07 Å². The van der Waals surface area contributed by atoms with Crippen molar-refractivity contribution in [2.24, 2.45) is 0 Å². The summed E-state index contributed by atoms with van der Waals surface area (Å²) in [5.74, 6) is -1.75. The van der Waals surface area contributed by atoms with Gasteiger partial charge in [-0.2, -0.15) is 0 Å². The van der Waals surface area contributed by atoms with Gasteiger partial charge >= 0.3 is 0 Å². The summed E-state index contributed by atoms with van der Waals surface area (Å²) in [7, 11) is 3.24. The lowest BCUT2D eigenvalue weighted by atomic mass is 10.3. The van der Waals surface area contributed by atoms with Gasteiger partial charge in [0.1, 0.15) is 0 Å². The van der Waals surface area contributed by atoms with Gasteiger partial charge in [-0.05, 0) is 13.8 Å². The third-order valence-corrected chi connectivity index (χ3v) is 2.76. The molecule has 7 heteroatoms. The van der Waals surface area contributed by atoms with Crippen molar-refractivity contribution < 1.29 is 13.6 Å². The predicted octanol–water partition coefficient (Wildman–Crippen LogP) is 1.71. The number of nitrogens with one attached hydrogen (secondary N) is 1. The van der Waals surface area contributed by atoms with Crippen LogP contribution in [0.4, 0.5) is 20.4 Å². The highest BCUT2D eigenvalue weighted by atomic mass is 19.1. The first-order chi connectivity index (χ1) is 9.40. The van der Waals surface area contributed by atoms with Crippen LogP contribution in [0, 0.1) is 11.6 Å². The molecule has 0 bridgehead atoms. The molecular formula is C13H20F2N4O. The normalized spacial score (nSPS) is 10.3. The third kappa shape index (κ3) is 3.79. The minimum Gasteiger partial charge on any atom is -0.368 e. The fraction of sp³-hybridized carbons (Fsp3) is 0.538. The molecule has 1 amide bonds. The van der Waals surface area contributed by atoms with Crippen LogP contribution >= 0.6 is 0 Å². The maximum Gasteiger partial charge on any atom is 0.241 e. The molecule has 112 valence electrons. The molecule has 0 fully saturated rings. The van der Waals surface area contributed by atoms with Crippen molar-refractivity contribution in [3.05, 3.63) is 17.7 Å². The molecule has 20 heavy (non-hydrogen) atoms. The lowest BCUT2D eigenvalue weighted by molar-refractivity contribution is -0.127. The molecule has 5 nitrogen and oxygen atoms in total. The number of carbonyl (C=O) groups is 1. The largest absolute Gasteiger partial charge is 0.368 e. The van der Waals surface area contributed by atoms with Crippen LogP contribution in [0.5, 0.6) is 0 Å². The number of nitrogens with zero attached hydrogens (tertiary/aromatic N) is 3. The van der Waals surface area contributed by atoms with Crippen LogP contribution in [0.3, 0.4) is 0 Å². The topological polar surface area (TPSA) is 48.5 Å². The Balaban J connectivity index is 3.08. The molecule has 1 aromatic heterocycles. The quantitative estimate of drug-likeness (QED) is 0.865. The van der Waals surface area contributed by atoms with Crippen molar-refractivity contribution in [3.8, 4) is 0 Å². The summed E-state index contributed by atoms with van der Waals surface area (Å²) in [6.07, 6.45) is 0. The molecule has 0 radical (unpaired) electrons. The lowest BCUT2D eigenvalue weighted by Crippen LogP contribution is -2.37. The smallest absolute Gasteiger partial charge is 0.241 e. The highest BCUT2D eigenvalue weighted by Gasteiger charge is 2.19. The maximum atomic E-state index is 13.9. The fourth-order valence-corrected chi connectivity index (χ4v) is 1.61. The molecule has 0 unspecified atom stereocenters. The fourth-order valence-electron chi connectivity index (χ4n) is 1.61. The molecule has 0 saturated carbocycles. The van der Waals surface area contributed by atoms with Crippen LogP contribution in [-0.2, 0) is 4.79 Å². The highest BCUT2D eigenvalue weighted by Crippen LogP contribution is 2.22. The van der Waals surface area contributed by atoms with Crippen LogP contribution in [0.2, 0.25) is 0 Å². The van der Waals surface area contributed by atoms with E-state index in [1.165, 1.54) is 9.80 Å². The van der Waals surface area contributed by atoms with Gasteiger partial charge in [-0.15, -0.1) is 0 Å². The summed E-state index contributed by atoms with van der Waals surface area (Å²) >= 11 is 0. The Labute approximate surface area is 117 Å². The van der Waals surface area contributed by atoms with Crippen molar-refractivity contribution >= 4 is 17.5 Å². The van der Waals surface area contributed by atoms with E-state index in [2.05, 4.69) is 10.3 Å². The second-order valence-electron chi connectivity index (χ2n) is 4.46. The second kappa shape index (κ2) is 7.02. The number of hydrogen-bond donors (Lipinski definition) is 1. The number of rotatable bonds is 6. The Hall–Kier alpha value is -1.92. The van der Waals surface area contributed by atoms with E-state index in [9.17, 15) is 13.6 Å². The first-order valence-electron chi connectivity index (χ1n) is 6.45. The first kappa shape index (κ1) is 16.1. The first-order valence-corrected chi connectivity index (χ1v) is 6.45. The van der Waals surface area contributed by atoms with E-state index in [1.807, 2.05) is 0 Å². The zero-order chi connectivity index (χ0) is 15.3. The third-order valence-electron chi connectivity index (χ3n) is 2.76. The van der Waals surface area contributed by atoms with Crippen LogP contribution in [0.25, 0.3) is 0 Å². The predicted molar refractivity (Wildman–Crippen MR) is 74.9 cm³/mol. The minimum atomic E-state index is -0.780. The molecule has 1 aromatic rings. The van der Waals surface area contributed by atoms with Crippen molar-refractivity contribution in [2.75, 3.05) is 43.9 Å². The van der Waals surface area contributed by atoms with E-state index in [4.69, 9.17) is 0 Å². The van der Waals surface area contributed by atoms with Gasteiger partial charge in [0.05, 0.1) is 6.54 Å². The van der Waals surface area contributed by atoms with Gasteiger partial charge < -0.3 is 15.1 Å². The van der Waals surface area contributed by atoms with E-state index in [0.29, 0.717) is 13.1 Å². The Kier molecular flexibility index (Phi) is 5.66. The number of anilines is 2. The van der Waals surface area contributed by atoms with Crippen molar-refractivity contribution in [3.63, 3.8) is 0 Å². The highest BCUT2D eigenvalue weighted by molar-refractivity contribution is 5.80. The minimum absolute atomic E-state index is 0.00931. The number of pyridine rings is 1. The molecule has 0 atom stereocenters. The monoisotopic (exact) mass is 286 g/mol. The molecular weight excluding hydrogens is 266 g/mol. The molecule has 0 spiro atoms. The van der Waals surface area contributed by atoms with Gasteiger partial charge in [-0.1, -0.05) is 0 Å². The summed E-state index contributed by atoms with van der Waals surface area (Å²) in [4.78, 5) is 18.5. The summed E-state index contributed by atoms with van der Waals surface area (Å²) in [6, 6.07) is 0.781. The van der Waals surface area contributed by atoms with Crippen molar-refractivity contribution in [2.45, 2.75) is 13.8 Å². The Morgan fingerprint density at radius 1 is 1.30 bits per heavy atom. The van der Waals surface area contributed by atoms with E-state index >= 15 is 0 Å². The van der Waals surface area contributed by atoms with Gasteiger partial charge in [0, 0.05) is 33.3 Å². The van der Waals surface area contributed by atoms with E-state index in [1.54, 1.807) is 27.9 Å². The molecule has 0 aromatic carbocycles. The summed E-state index contributed by atoms with van der Waals surface area (Å²) in [6.45, 7) is 4.42. The van der Waals surface area contributed by atoms with Gasteiger partial charge in [0.15, 0.2) is 23.3 Å². The molecule has 1 rings (SSSR count). The Morgan fingerprint density at radius 3 is 2.45 bits per heavy atom. The number of carbonyl (C=O) groups excluding carboxylic acids is 1. The van der Waals surface area contributed by atoms with E-state index in [-0.39, 0.29) is 24.1 Å². The number of likely N-dealkylation sites (N-methyl/N-ethyl adjacent to an activating group) is 2. The molecule has 0 aliphatic carbocycles. The Morgan fingerprint density at radius 2 is 1.95 bits per heavy atom. The SMILES string of the molecule is CCNc1nc(N(CC)CC(=O)N(C)C)c(F)cc1F.